The minimum Gasteiger partial charge on any atom is -0.460 e. The van der Waals surface area contributed by atoms with E-state index in [2.05, 4.69) is 5.32 Å². The predicted octanol–water partition coefficient (Wildman–Crippen LogP) is 4.44. The Morgan fingerprint density at radius 3 is 2.06 bits per heavy atom. The van der Waals surface area contributed by atoms with Crippen molar-refractivity contribution in [3.05, 3.63) is 0 Å². The molecule has 0 aromatic heterocycles. The van der Waals surface area contributed by atoms with E-state index in [9.17, 15) is 27.6 Å². The lowest BCUT2D eigenvalue weighted by Crippen LogP contribution is -2.69. The zero-order valence-corrected chi connectivity index (χ0v) is 20.8. The molecular weight excluding hydrogens is 461 g/mol. The first-order valence-corrected chi connectivity index (χ1v) is 12.1. The lowest BCUT2D eigenvalue weighted by atomic mass is 9.65. The van der Waals surface area contributed by atoms with E-state index in [0.29, 0.717) is 12.8 Å². The molecule has 0 atom stereocenters. The lowest BCUT2D eigenvalue weighted by molar-refractivity contribution is -0.185. The largest absolute Gasteiger partial charge is 0.460 e. The summed E-state index contributed by atoms with van der Waals surface area (Å²) in [5, 5.41) is 2.84. The van der Waals surface area contributed by atoms with Gasteiger partial charge in [-0.05, 0) is 79.1 Å². The molecule has 190 valence electrons. The number of nitrogens with one attached hydrogen (secondary N) is 1. The third-order valence-corrected chi connectivity index (χ3v) is 6.66. The summed E-state index contributed by atoms with van der Waals surface area (Å²) in [7, 11) is 0. The molecule has 2 rings (SSSR count). The highest BCUT2D eigenvalue weighted by Crippen LogP contribution is 2.46. The lowest BCUT2D eigenvalue weighted by Gasteiger charge is -2.53. The van der Waals surface area contributed by atoms with Crippen molar-refractivity contribution in [2.45, 2.75) is 96.5 Å². The molecule has 0 unspecified atom stereocenters. The summed E-state index contributed by atoms with van der Waals surface area (Å²) < 4.78 is 44.6. The number of ether oxygens (including phenoxy) is 1. The van der Waals surface area contributed by atoms with E-state index >= 15 is 0 Å². The number of carbonyl (C=O) groups excluding carboxylic acids is 3. The summed E-state index contributed by atoms with van der Waals surface area (Å²) in [6.45, 7) is 8.99. The van der Waals surface area contributed by atoms with Crippen LogP contribution in [0.15, 0.2) is 0 Å². The number of hydrogen-bond acceptors (Lipinski definition) is 4. The molecule has 2 saturated carbocycles. The molecule has 2 amide bonds. The SMILES string of the molecule is CC(C)NC(=O)C1(N(CC2CCC(C(F)(F)F)CC2)C(=O)CCl)CC(C(=O)OC(C)(C)C)C1. The van der Waals surface area contributed by atoms with E-state index in [4.69, 9.17) is 16.3 Å². The third-order valence-electron chi connectivity index (χ3n) is 6.43. The van der Waals surface area contributed by atoms with Crippen LogP contribution >= 0.6 is 11.6 Å². The molecular formula is C23H36ClF3N2O4. The second-order valence-corrected chi connectivity index (χ2v) is 11.0. The van der Waals surface area contributed by atoms with E-state index in [1.807, 2.05) is 0 Å². The number of halogens is 4. The van der Waals surface area contributed by atoms with Crippen LogP contribution in [0.1, 0.15) is 73.1 Å². The normalized spacial score (nSPS) is 28.1. The van der Waals surface area contributed by atoms with Crippen LogP contribution in [0, 0.1) is 17.8 Å². The first-order valence-electron chi connectivity index (χ1n) is 11.6. The first kappa shape index (κ1) is 27.7. The van der Waals surface area contributed by atoms with Crippen molar-refractivity contribution in [2.75, 3.05) is 12.4 Å². The van der Waals surface area contributed by atoms with Gasteiger partial charge in [0.25, 0.3) is 0 Å². The number of rotatable bonds is 7. The van der Waals surface area contributed by atoms with Gasteiger partial charge in [0.1, 0.15) is 17.0 Å². The Morgan fingerprint density at radius 2 is 1.64 bits per heavy atom. The van der Waals surface area contributed by atoms with Crippen LogP contribution in [0.2, 0.25) is 0 Å². The second-order valence-electron chi connectivity index (χ2n) is 10.7. The average Bonchev–Trinajstić information content (AvgIpc) is 2.63. The van der Waals surface area contributed by atoms with Crippen LogP contribution in [-0.2, 0) is 19.1 Å². The summed E-state index contributed by atoms with van der Waals surface area (Å²) in [6.07, 6.45) is -3.39. The van der Waals surface area contributed by atoms with Crippen LogP contribution in [0.25, 0.3) is 0 Å². The van der Waals surface area contributed by atoms with Gasteiger partial charge in [-0.15, -0.1) is 11.6 Å². The van der Waals surface area contributed by atoms with E-state index < -0.39 is 41.0 Å². The molecule has 2 fully saturated rings. The molecule has 0 aliphatic heterocycles. The van der Waals surface area contributed by atoms with Gasteiger partial charge in [0.15, 0.2) is 0 Å². The van der Waals surface area contributed by atoms with Gasteiger partial charge in [-0.25, -0.2) is 0 Å². The highest BCUT2D eigenvalue weighted by atomic mass is 35.5. The Labute approximate surface area is 198 Å². The van der Waals surface area contributed by atoms with Crippen molar-refractivity contribution < 1.29 is 32.3 Å². The highest BCUT2D eigenvalue weighted by molar-refractivity contribution is 6.27. The van der Waals surface area contributed by atoms with E-state index in [-0.39, 0.29) is 56.0 Å². The number of nitrogens with zero attached hydrogens (tertiary/aromatic N) is 1. The summed E-state index contributed by atoms with van der Waals surface area (Å²) in [5.41, 5.74) is -1.95. The number of amides is 2. The summed E-state index contributed by atoms with van der Waals surface area (Å²) in [5.74, 6) is -3.67. The quantitative estimate of drug-likeness (QED) is 0.417. The minimum absolute atomic E-state index is 0.00277. The van der Waals surface area contributed by atoms with Gasteiger partial charge in [-0.1, -0.05) is 0 Å². The van der Waals surface area contributed by atoms with Crippen LogP contribution < -0.4 is 5.32 Å². The zero-order chi connectivity index (χ0) is 25.2. The maximum atomic E-state index is 13.2. The number of alkyl halides is 4. The fourth-order valence-electron chi connectivity index (χ4n) is 4.75. The van der Waals surface area contributed by atoms with Crippen molar-refractivity contribution in [1.29, 1.82) is 0 Å². The maximum absolute atomic E-state index is 13.2. The van der Waals surface area contributed by atoms with Crippen molar-refractivity contribution in [3.8, 4) is 0 Å². The Morgan fingerprint density at radius 1 is 1.09 bits per heavy atom. The topological polar surface area (TPSA) is 75.7 Å². The molecule has 2 aliphatic carbocycles. The fraction of sp³-hybridized carbons (Fsp3) is 0.870. The van der Waals surface area contributed by atoms with E-state index in [0.717, 1.165) is 0 Å². The number of hydrogen-bond donors (Lipinski definition) is 1. The molecule has 0 heterocycles. The maximum Gasteiger partial charge on any atom is 0.391 e. The predicted molar refractivity (Wildman–Crippen MR) is 119 cm³/mol. The van der Waals surface area contributed by atoms with Gasteiger partial charge in [0.2, 0.25) is 11.8 Å². The van der Waals surface area contributed by atoms with E-state index in [1.165, 1.54) is 4.90 Å². The molecule has 33 heavy (non-hydrogen) atoms. The molecule has 6 nitrogen and oxygen atoms in total. The molecule has 0 saturated heterocycles. The van der Waals surface area contributed by atoms with Crippen LogP contribution in [0.3, 0.4) is 0 Å². The molecule has 0 aromatic rings. The number of esters is 1. The highest BCUT2D eigenvalue weighted by Gasteiger charge is 2.59. The Balaban J connectivity index is 2.22. The van der Waals surface area contributed by atoms with Crippen molar-refractivity contribution in [2.24, 2.45) is 17.8 Å². The van der Waals surface area contributed by atoms with Crippen LogP contribution in [-0.4, -0.2) is 58.5 Å². The smallest absolute Gasteiger partial charge is 0.391 e. The summed E-state index contributed by atoms with van der Waals surface area (Å²) in [4.78, 5) is 40.1. The van der Waals surface area contributed by atoms with Crippen molar-refractivity contribution in [3.63, 3.8) is 0 Å². The minimum atomic E-state index is -4.22. The molecule has 0 bridgehead atoms. The summed E-state index contributed by atoms with van der Waals surface area (Å²) >= 11 is 5.87. The molecule has 0 spiro atoms. The monoisotopic (exact) mass is 496 g/mol. The summed E-state index contributed by atoms with van der Waals surface area (Å²) in [6, 6.07) is -0.190. The fourth-order valence-corrected chi connectivity index (χ4v) is 4.89. The Hall–Kier alpha value is -1.51. The van der Waals surface area contributed by atoms with Gasteiger partial charge in [-0.3, -0.25) is 14.4 Å². The molecule has 2 aliphatic rings. The zero-order valence-electron chi connectivity index (χ0n) is 20.1. The Kier molecular flexibility index (Phi) is 8.74. The first-order chi connectivity index (χ1) is 15.1. The van der Waals surface area contributed by atoms with Gasteiger partial charge in [0, 0.05) is 12.6 Å². The van der Waals surface area contributed by atoms with E-state index in [1.54, 1.807) is 34.6 Å². The van der Waals surface area contributed by atoms with Crippen LogP contribution in [0.5, 0.6) is 0 Å². The number of carbonyl (C=O) groups is 3. The Bertz CT molecular complexity index is 722. The van der Waals surface area contributed by atoms with Gasteiger partial charge >= 0.3 is 12.1 Å². The van der Waals surface area contributed by atoms with Crippen LogP contribution in [0.4, 0.5) is 13.2 Å². The second kappa shape index (κ2) is 10.4. The van der Waals surface area contributed by atoms with Gasteiger partial charge < -0.3 is 15.0 Å². The van der Waals surface area contributed by atoms with Gasteiger partial charge in [0.05, 0.1) is 11.8 Å². The molecule has 10 heteroatoms. The third kappa shape index (κ3) is 6.99. The molecule has 0 radical (unpaired) electrons. The van der Waals surface area contributed by atoms with Crippen molar-refractivity contribution >= 4 is 29.4 Å². The standard InChI is InChI=1S/C23H36ClF3N2O4/c1-14(2)28-20(32)22(10-16(11-22)19(31)33-21(3,4)5)29(18(30)12-24)13-15-6-8-17(9-7-15)23(25,26)27/h14-17H,6-13H2,1-5H3,(H,28,32). The molecule has 1 N–H and O–H groups in total. The average molecular weight is 497 g/mol. The van der Waals surface area contributed by atoms with Gasteiger partial charge in [-0.2, -0.15) is 13.2 Å². The molecule has 0 aromatic carbocycles. The van der Waals surface area contributed by atoms with Crippen molar-refractivity contribution in [1.82, 2.24) is 10.2 Å².